The van der Waals surface area contributed by atoms with Crippen LogP contribution in [0.3, 0.4) is 0 Å². The molecule has 10 nitrogen and oxygen atoms in total. The first kappa shape index (κ1) is 34.7. The number of carbonyl (C=O) groups excluding carboxylic acids is 4. The summed E-state index contributed by atoms with van der Waals surface area (Å²) in [6.45, 7) is 15.0. The number of β-amino-alcohol motifs (C(OH)–C–C–N with tert-alkyl or cyclic N) is 1. The van der Waals surface area contributed by atoms with Gasteiger partial charge in [0.05, 0.1) is 16.9 Å². The normalized spacial score (nSPS) is 16.3. The number of aliphatic hydroxyl groups is 1. The van der Waals surface area contributed by atoms with Crippen molar-refractivity contribution >= 4 is 23.8 Å². The lowest BCUT2D eigenvalue weighted by molar-refractivity contribution is -0.145. The first-order chi connectivity index (χ1) is 20.4. The third-order valence-corrected chi connectivity index (χ3v) is 7.30. The molecule has 0 spiro atoms. The fourth-order valence-corrected chi connectivity index (χ4v) is 4.41. The van der Waals surface area contributed by atoms with E-state index in [4.69, 9.17) is 9.47 Å². The smallest absolute Gasteiger partial charge is 0.316 e. The van der Waals surface area contributed by atoms with E-state index in [1.807, 2.05) is 19.9 Å². The van der Waals surface area contributed by atoms with Crippen LogP contribution >= 0.6 is 0 Å². The maximum absolute atomic E-state index is 13.1. The average molecular weight is 610 g/mol. The largest absolute Gasteiger partial charge is 0.422 e. The number of rotatable bonds is 10. The number of likely N-dealkylation sites (tertiary alicyclic amines) is 1. The molecule has 0 aromatic heterocycles. The minimum Gasteiger partial charge on any atom is -0.422 e. The summed E-state index contributed by atoms with van der Waals surface area (Å²) in [5.41, 5.74) is -1.18. The fraction of sp³-hybridized carbons (Fsp3) is 0.529. The van der Waals surface area contributed by atoms with Gasteiger partial charge in [-0.2, -0.15) is 0 Å². The molecule has 1 aliphatic rings. The van der Waals surface area contributed by atoms with Gasteiger partial charge in [-0.1, -0.05) is 24.3 Å². The second-order valence-electron chi connectivity index (χ2n) is 14.0. The summed E-state index contributed by atoms with van der Waals surface area (Å²) in [6, 6.07) is 13.0. The van der Waals surface area contributed by atoms with Crippen molar-refractivity contribution in [1.29, 1.82) is 0 Å². The van der Waals surface area contributed by atoms with Gasteiger partial charge in [-0.15, -0.1) is 0 Å². The van der Waals surface area contributed by atoms with Gasteiger partial charge in [-0.3, -0.25) is 19.2 Å². The van der Waals surface area contributed by atoms with Crippen LogP contribution in [0.5, 0.6) is 11.5 Å². The van der Waals surface area contributed by atoms with E-state index < -0.39 is 40.5 Å². The molecule has 0 radical (unpaired) electrons. The molecule has 44 heavy (non-hydrogen) atoms. The van der Waals surface area contributed by atoms with Gasteiger partial charge in [0.15, 0.2) is 11.5 Å². The van der Waals surface area contributed by atoms with E-state index in [0.29, 0.717) is 24.1 Å². The lowest BCUT2D eigenvalue weighted by atomic mass is 9.97. The van der Waals surface area contributed by atoms with Crippen LogP contribution in [0.25, 0.3) is 0 Å². The van der Waals surface area contributed by atoms with Crippen LogP contribution in [0.2, 0.25) is 0 Å². The molecule has 2 atom stereocenters. The maximum atomic E-state index is 13.1. The van der Waals surface area contributed by atoms with Gasteiger partial charge in [0.2, 0.25) is 5.91 Å². The number of ether oxygens (including phenoxy) is 2. The van der Waals surface area contributed by atoms with Crippen molar-refractivity contribution in [3.8, 4) is 11.5 Å². The summed E-state index contributed by atoms with van der Waals surface area (Å²) in [7, 11) is 0. The summed E-state index contributed by atoms with van der Waals surface area (Å²) in [6.07, 6.45) is 0.351. The number of amides is 2. The van der Waals surface area contributed by atoms with Crippen LogP contribution in [0.15, 0.2) is 48.5 Å². The Morgan fingerprint density at radius 2 is 1.48 bits per heavy atom. The number of esters is 2. The predicted molar refractivity (Wildman–Crippen MR) is 167 cm³/mol. The second kappa shape index (κ2) is 13.9. The number of carbonyl (C=O) groups is 4. The van der Waals surface area contributed by atoms with Gasteiger partial charge < -0.3 is 30.1 Å². The number of hydrogen-bond donors (Lipinski definition) is 3. The Kier molecular flexibility index (Phi) is 11.0. The van der Waals surface area contributed by atoms with Crippen molar-refractivity contribution in [3.63, 3.8) is 0 Å². The zero-order valence-corrected chi connectivity index (χ0v) is 27.2. The van der Waals surface area contributed by atoms with Crippen LogP contribution in [0.4, 0.5) is 0 Å². The molecule has 2 amide bonds. The standard InChI is InChI=1S/C34H47N3O7/c1-32(2,3)30(41)43-26-17-16-23(19-27(26)44-31(42)33(4,5)6)25(38)20-36-34(7,8)21-35-28(39)24-15-12-18-37(24)29(40)22-13-10-9-11-14-22/h9-11,13-14,16-17,19,24-25,36,38H,12,15,18,20-21H2,1-8H3,(H,35,39)/t24-,25?/m0/s1. The van der Waals surface area contributed by atoms with Gasteiger partial charge in [-0.05, 0) is 98.1 Å². The van der Waals surface area contributed by atoms with E-state index in [0.717, 1.165) is 6.42 Å². The molecule has 1 unspecified atom stereocenters. The van der Waals surface area contributed by atoms with Gasteiger partial charge in [0.1, 0.15) is 6.04 Å². The highest BCUT2D eigenvalue weighted by Crippen LogP contribution is 2.34. The van der Waals surface area contributed by atoms with Crippen LogP contribution in [-0.2, 0) is 14.4 Å². The molecule has 1 aliphatic heterocycles. The Bertz CT molecular complexity index is 1340. The SMILES string of the molecule is CC(C)(CNC(=O)[C@@H]1CCCN1C(=O)c1ccccc1)NCC(O)c1ccc(OC(=O)C(C)(C)C)c(OC(=O)C(C)(C)C)c1. The summed E-state index contributed by atoms with van der Waals surface area (Å²) in [5, 5.41) is 17.3. The molecular formula is C34H47N3O7. The lowest BCUT2D eigenvalue weighted by Gasteiger charge is -2.30. The van der Waals surface area contributed by atoms with Gasteiger partial charge in [0, 0.05) is 30.7 Å². The van der Waals surface area contributed by atoms with Crippen LogP contribution in [-0.4, -0.2) is 65.0 Å². The van der Waals surface area contributed by atoms with Crippen molar-refractivity contribution in [3.05, 3.63) is 59.7 Å². The molecule has 0 saturated carbocycles. The third kappa shape index (κ3) is 9.37. The molecule has 1 fully saturated rings. The second-order valence-corrected chi connectivity index (χ2v) is 14.0. The Morgan fingerprint density at radius 3 is 2.07 bits per heavy atom. The Morgan fingerprint density at radius 1 is 0.886 bits per heavy atom. The first-order valence-corrected chi connectivity index (χ1v) is 15.0. The summed E-state index contributed by atoms with van der Waals surface area (Å²) < 4.78 is 11.1. The molecule has 2 aromatic carbocycles. The highest BCUT2D eigenvalue weighted by atomic mass is 16.6. The van der Waals surface area contributed by atoms with Crippen molar-refractivity contribution in [2.45, 2.75) is 85.9 Å². The van der Waals surface area contributed by atoms with E-state index in [1.165, 1.54) is 12.1 Å². The molecule has 1 saturated heterocycles. The molecule has 3 rings (SSSR count). The molecule has 0 aliphatic carbocycles. The van der Waals surface area contributed by atoms with E-state index in [2.05, 4.69) is 10.6 Å². The first-order valence-electron chi connectivity index (χ1n) is 15.0. The third-order valence-electron chi connectivity index (χ3n) is 7.30. The molecule has 1 heterocycles. The quantitative estimate of drug-likeness (QED) is 0.266. The van der Waals surface area contributed by atoms with Crippen LogP contribution in [0.1, 0.15) is 90.3 Å². The average Bonchev–Trinajstić information content (AvgIpc) is 3.45. The number of nitrogens with one attached hydrogen (secondary N) is 2. The Labute approximate surface area is 260 Å². The van der Waals surface area contributed by atoms with E-state index >= 15 is 0 Å². The predicted octanol–water partition coefficient (Wildman–Crippen LogP) is 4.41. The van der Waals surface area contributed by atoms with Crippen LogP contribution < -0.4 is 20.1 Å². The number of aliphatic hydroxyl groups excluding tert-OH is 1. The highest BCUT2D eigenvalue weighted by Gasteiger charge is 2.35. The zero-order valence-electron chi connectivity index (χ0n) is 27.2. The summed E-state index contributed by atoms with van der Waals surface area (Å²) in [4.78, 5) is 52.9. The van der Waals surface area contributed by atoms with E-state index in [1.54, 1.807) is 76.8 Å². The Balaban J connectivity index is 1.63. The van der Waals surface area contributed by atoms with Gasteiger partial charge >= 0.3 is 11.9 Å². The highest BCUT2D eigenvalue weighted by molar-refractivity contribution is 5.98. The summed E-state index contributed by atoms with van der Waals surface area (Å²) in [5.74, 6) is -1.26. The fourth-order valence-electron chi connectivity index (χ4n) is 4.41. The van der Waals surface area contributed by atoms with E-state index in [9.17, 15) is 24.3 Å². The molecular weight excluding hydrogens is 562 g/mol. The van der Waals surface area contributed by atoms with Crippen molar-refractivity contribution in [2.24, 2.45) is 10.8 Å². The van der Waals surface area contributed by atoms with Crippen molar-refractivity contribution < 1.29 is 33.8 Å². The topological polar surface area (TPSA) is 134 Å². The minimum atomic E-state index is -1.00. The molecule has 0 bridgehead atoms. The van der Waals surface area contributed by atoms with Crippen molar-refractivity contribution in [2.75, 3.05) is 19.6 Å². The Hall–Kier alpha value is -3.76. The number of nitrogens with zero attached hydrogens (tertiary/aromatic N) is 1. The lowest BCUT2D eigenvalue weighted by Crippen LogP contribution is -2.53. The number of hydrogen-bond acceptors (Lipinski definition) is 8. The summed E-state index contributed by atoms with van der Waals surface area (Å²) >= 11 is 0. The molecule has 3 N–H and O–H groups in total. The maximum Gasteiger partial charge on any atom is 0.316 e. The van der Waals surface area contributed by atoms with Gasteiger partial charge in [0.25, 0.3) is 5.91 Å². The zero-order chi connectivity index (χ0) is 32.9. The minimum absolute atomic E-state index is 0.0387. The van der Waals surface area contributed by atoms with Crippen LogP contribution in [0, 0.1) is 10.8 Å². The van der Waals surface area contributed by atoms with Gasteiger partial charge in [-0.25, -0.2) is 0 Å². The molecule has 240 valence electrons. The molecule has 2 aromatic rings. The number of benzene rings is 2. The molecule has 10 heteroatoms. The van der Waals surface area contributed by atoms with E-state index in [-0.39, 0.29) is 36.4 Å². The monoisotopic (exact) mass is 609 g/mol. The van der Waals surface area contributed by atoms with Crippen molar-refractivity contribution in [1.82, 2.24) is 15.5 Å².